The lowest BCUT2D eigenvalue weighted by Crippen LogP contribution is -2.28. The van der Waals surface area contributed by atoms with Gasteiger partial charge in [0.05, 0.1) is 23.1 Å². The van der Waals surface area contributed by atoms with Gasteiger partial charge in [-0.25, -0.2) is 0 Å². The standard InChI is InChI=1S/C22H23N3O7/c1-3-31-19-7-5-4-6-17(19)24-12-15(10-21(24)27)22(28)32-13-20(26)23-16-9-8-14(2)18(11-16)25(29)30/h4-9,11,15H,3,10,12-13H2,1-2H3,(H,23,26)/t15-/m0/s1. The van der Waals surface area contributed by atoms with Crippen molar-refractivity contribution in [3.8, 4) is 5.75 Å². The molecule has 1 heterocycles. The molecule has 1 saturated heterocycles. The Morgan fingerprint density at radius 1 is 1.25 bits per heavy atom. The van der Waals surface area contributed by atoms with Crippen molar-refractivity contribution in [2.24, 2.45) is 5.92 Å². The van der Waals surface area contributed by atoms with E-state index in [0.29, 0.717) is 23.6 Å². The van der Waals surface area contributed by atoms with E-state index in [1.807, 2.05) is 6.92 Å². The highest BCUT2D eigenvalue weighted by molar-refractivity contribution is 6.01. The van der Waals surface area contributed by atoms with E-state index < -0.39 is 29.3 Å². The van der Waals surface area contributed by atoms with Gasteiger partial charge >= 0.3 is 5.97 Å². The van der Waals surface area contributed by atoms with E-state index in [2.05, 4.69) is 5.32 Å². The molecule has 2 aromatic rings. The number of carbonyl (C=O) groups excluding carboxylic acids is 3. The molecule has 0 spiro atoms. The van der Waals surface area contributed by atoms with E-state index in [-0.39, 0.29) is 30.2 Å². The molecule has 0 unspecified atom stereocenters. The van der Waals surface area contributed by atoms with E-state index in [4.69, 9.17) is 9.47 Å². The topological polar surface area (TPSA) is 128 Å². The Balaban J connectivity index is 1.57. The van der Waals surface area contributed by atoms with Crippen molar-refractivity contribution in [1.82, 2.24) is 0 Å². The summed E-state index contributed by atoms with van der Waals surface area (Å²) in [5.41, 5.74) is 1.13. The number of carbonyl (C=O) groups is 3. The summed E-state index contributed by atoms with van der Waals surface area (Å²) in [6.07, 6.45) is -0.0366. The number of aryl methyl sites for hydroxylation is 1. The molecule has 10 heteroatoms. The first-order chi connectivity index (χ1) is 15.3. The molecule has 1 N–H and O–H groups in total. The lowest BCUT2D eigenvalue weighted by molar-refractivity contribution is -0.385. The molecular weight excluding hydrogens is 418 g/mol. The van der Waals surface area contributed by atoms with Gasteiger partial charge in [0.2, 0.25) is 5.91 Å². The summed E-state index contributed by atoms with van der Waals surface area (Å²) in [5.74, 6) is -1.72. The second kappa shape index (κ2) is 9.90. The van der Waals surface area contributed by atoms with Crippen LogP contribution in [0, 0.1) is 23.0 Å². The minimum absolute atomic E-state index is 0.0366. The Labute approximate surface area is 184 Å². The molecular formula is C22H23N3O7. The maximum atomic E-state index is 12.5. The molecule has 0 bridgehead atoms. The molecule has 1 atom stereocenters. The number of para-hydroxylation sites is 2. The smallest absolute Gasteiger partial charge is 0.311 e. The van der Waals surface area contributed by atoms with Crippen LogP contribution >= 0.6 is 0 Å². The molecule has 10 nitrogen and oxygen atoms in total. The van der Waals surface area contributed by atoms with E-state index in [9.17, 15) is 24.5 Å². The molecule has 168 valence electrons. The van der Waals surface area contributed by atoms with Crippen LogP contribution in [0.4, 0.5) is 17.1 Å². The van der Waals surface area contributed by atoms with Crippen LogP contribution in [0.15, 0.2) is 42.5 Å². The second-order valence-corrected chi connectivity index (χ2v) is 7.22. The van der Waals surface area contributed by atoms with Gasteiger partial charge in [0, 0.05) is 30.3 Å². The lowest BCUT2D eigenvalue weighted by Gasteiger charge is -2.19. The third kappa shape index (κ3) is 5.20. The summed E-state index contributed by atoms with van der Waals surface area (Å²) in [4.78, 5) is 49.0. The van der Waals surface area contributed by atoms with Gasteiger partial charge < -0.3 is 19.7 Å². The average Bonchev–Trinajstić information content (AvgIpc) is 3.15. The number of rotatable bonds is 8. The van der Waals surface area contributed by atoms with Crippen molar-refractivity contribution in [1.29, 1.82) is 0 Å². The summed E-state index contributed by atoms with van der Waals surface area (Å²) in [7, 11) is 0. The number of ether oxygens (including phenoxy) is 2. The zero-order valence-corrected chi connectivity index (χ0v) is 17.7. The third-order valence-corrected chi connectivity index (χ3v) is 4.95. The monoisotopic (exact) mass is 441 g/mol. The predicted molar refractivity (Wildman–Crippen MR) is 115 cm³/mol. The number of esters is 1. The van der Waals surface area contributed by atoms with Crippen molar-refractivity contribution >= 4 is 34.8 Å². The van der Waals surface area contributed by atoms with E-state index in [0.717, 1.165) is 0 Å². The number of nitro groups is 1. The summed E-state index contributed by atoms with van der Waals surface area (Å²) in [6, 6.07) is 11.3. The SMILES string of the molecule is CCOc1ccccc1N1C[C@@H](C(=O)OCC(=O)Nc2ccc(C)c([N+](=O)[O-])c2)CC1=O. The van der Waals surface area contributed by atoms with Gasteiger partial charge in [0.25, 0.3) is 11.6 Å². The Morgan fingerprint density at radius 3 is 2.72 bits per heavy atom. The fourth-order valence-corrected chi connectivity index (χ4v) is 3.39. The summed E-state index contributed by atoms with van der Waals surface area (Å²) >= 11 is 0. The van der Waals surface area contributed by atoms with Crippen molar-refractivity contribution in [3.05, 3.63) is 58.1 Å². The maximum absolute atomic E-state index is 12.5. The Morgan fingerprint density at radius 2 is 2.00 bits per heavy atom. The number of benzene rings is 2. The highest BCUT2D eigenvalue weighted by atomic mass is 16.6. The first-order valence-corrected chi connectivity index (χ1v) is 10.0. The molecule has 1 fully saturated rings. The van der Waals surface area contributed by atoms with Gasteiger partial charge in [-0.2, -0.15) is 0 Å². The van der Waals surface area contributed by atoms with Crippen LogP contribution in [-0.2, 0) is 19.1 Å². The van der Waals surface area contributed by atoms with Crippen LogP contribution < -0.4 is 15.0 Å². The third-order valence-electron chi connectivity index (χ3n) is 4.95. The van der Waals surface area contributed by atoms with Crippen LogP contribution in [0.5, 0.6) is 5.75 Å². The van der Waals surface area contributed by atoms with Crippen LogP contribution in [0.2, 0.25) is 0 Å². The molecule has 0 aromatic heterocycles. The first-order valence-electron chi connectivity index (χ1n) is 10.0. The maximum Gasteiger partial charge on any atom is 0.311 e. The van der Waals surface area contributed by atoms with Gasteiger partial charge in [0.1, 0.15) is 5.75 Å². The van der Waals surface area contributed by atoms with Crippen LogP contribution in [-0.4, -0.2) is 42.5 Å². The minimum atomic E-state index is -0.717. The summed E-state index contributed by atoms with van der Waals surface area (Å²) in [6.45, 7) is 3.41. The minimum Gasteiger partial charge on any atom is -0.492 e. The number of nitro benzene ring substituents is 1. The largest absolute Gasteiger partial charge is 0.492 e. The molecule has 32 heavy (non-hydrogen) atoms. The highest BCUT2D eigenvalue weighted by Crippen LogP contribution is 2.33. The fraction of sp³-hybridized carbons (Fsp3) is 0.318. The van der Waals surface area contributed by atoms with Crippen molar-refractivity contribution < 1.29 is 28.8 Å². The van der Waals surface area contributed by atoms with Crippen LogP contribution in [0.3, 0.4) is 0 Å². The number of hydrogen-bond acceptors (Lipinski definition) is 7. The number of amides is 2. The molecule has 2 amide bonds. The Kier molecular flexibility index (Phi) is 7.04. The molecule has 0 saturated carbocycles. The summed E-state index contributed by atoms with van der Waals surface area (Å²) in [5, 5.41) is 13.5. The second-order valence-electron chi connectivity index (χ2n) is 7.22. The van der Waals surface area contributed by atoms with E-state index in [1.165, 1.54) is 23.1 Å². The average molecular weight is 441 g/mol. The Bertz CT molecular complexity index is 1050. The van der Waals surface area contributed by atoms with Crippen molar-refractivity contribution in [2.45, 2.75) is 20.3 Å². The van der Waals surface area contributed by atoms with Gasteiger partial charge in [-0.05, 0) is 32.0 Å². The Hall–Kier alpha value is -3.95. The van der Waals surface area contributed by atoms with Crippen LogP contribution in [0.25, 0.3) is 0 Å². The zero-order valence-electron chi connectivity index (χ0n) is 17.7. The lowest BCUT2D eigenvalue weighted by atomic mass is 10.1. The molecule has 3 rings (SSSR count). The van der Waals surface area contributed by atoms with E-state index in [1.54, 1.807) is 31.2 Å². The van der Waals surface area contributed by atoms with Crippen molar-refractivity contribution in [3.63, 3.8) is 0 Å². The van der Waals surface area contributed by atoms with Gasteiger partial charge in [0.15, 0.2) is 6.61 Å². The molecule has 1 aliphatic heterocycles. The first kappa shape index (κ1) is 22.7. The molecule has 1 aliphatic rings. The van der Waals surface area contributed by atoms with Gasteiger partial charge in [-0.15, -0.1) is 0 Å². The highest BCUT2D eigenvalue weighted by Gasteiger charge is 2.37. The molecule has 0 aliphatic carbocycles. The van der Waals surface area contributed by atoms with Crippen molar-refractivity contribution in [2.75, 3.05) is 30.0 Å². The number of hydrogen-bond donors (Lipinski definition) is 1. The number of nitrogens with zero attached hydrogens (tertiary/aromatic N) is 2. The number of nitrogens with one attached hydrogen (secondary N) is 1. The normalized spacial score (nSPS) is 15.4. The zero-order chi connectivity index (χ0) is 23.3. The predicted octanol–water partition coefficient (Wildman–Crippen LogP) is 2.84. The van der Waals surface area contributed by atoms with Gasteiger partial charge in [-0.1, -0.05) is 18.2 Å². The number of anilines is 2. The summed E-state index contributed by atoms with van der Waals surface area (Å²) < 4.78 is 10.6. The molecule has 2 aromatic carbocycles. The fourth-order valence-electron chi connectivity index (χ4n) is 3.39. The molecule has 0 radical (unpaired) electrons. The van der Waals surface area contributed by atoms with Gasteiger partial charge in [-0.3, -0.25) is 24.5 Å². The quantitative estimate of drug-likeness (QED) is 0.379. The van der Waals surface area contributed by atoms with E-state index >= 15 is 0 Å². The van der Waals surface area contributed by atoms with Crippen LogP contribution in [0.1, 0.15) is 18.9 Å².